The third-order valence-corrected chi connectivity index (χ3v) is 5.57. The lowest BCUT2D eigenvalue weighted by atomic mass is 9.88. The zero-order valence-corrected chi connectivity index (χ0v) is 16.5. The SMILES string of the molecule is Cc1cnn(C2CCCc3ccccc32)c1NC(=O)c1ccc(Cl)c([N+](=O)[O-])c1. The molecule has 1 unspecified atom stereocenters. The molecule has 0 bridgehead atoms. The van der Waals surface area contributed by atoms with E-state index in [4.69, 9.17) is 11.6 Å². The number of rotatable bonds is 4. The Morgan fingerprint density at radius 2 is 2.10 bits per heavy atom. The Hall–Kier alpha value is -3.19. The van der Waals surface area contributed by atoms with Gasteiger partial charge >= 0.3 is 0 Å². The monoisotopic (exact) mass is 410 g/mol. The van der Waals surface area contributed by atoms with Gasteiger partial charge in [0.2, 0.25) is 0 Å². The van der Waals surface area contributed by atoms with E-state index in [0.717, 1.165) is 24.8 Å². The van der Waals surface area contributed by atoms with Gasteiger partial charge in [0.15, 0.2) is 0 Å². The van der Waals surface area contributed by atoms with Crippen LogP contribution in [0, 0.1) is 17.0 Å². The summed E-state index contributed by atoms with van der Waals surface area (Å²) in [6, 6.07) is 12.3. The predicted molar refractivity (Wildman–Crippen MR) is 111 cm³/mol. The van der Waals surface area contributed by atoms with Crippen LogP contribution in [0.3, 0.4) is 0 Å². The number of hydrogen-bond acceptors (Lipinski definition) is 4. The first-order valence-corrected chi connectivity index (χ1v) is 9.70. The van der Waals surface area contributed by atoms with Gasteiger partial charge in [-0.05, 0) is 49.4 Å². The Morgan fingerprint density at radius 1 is 1.31 bits per heavy atom. The van der Waals surface area contributed by atoms with E-state index in [9.17, 15) is 14.9 Å². The molecule has 1 aromatic heterocycles. The summed E-state index contributed by atoms with van der Waals surface area (Å²) in [6.45, 7) is 1.87. The molecular weight excluding hydrogens is 392 g/mol. The van der Waals surface area contributed by atoms with Crippen LogP contribution in [0.2, 0.25) is 5.02 Å². The fraction of sp³-hybridized carbons (Fsp3) is 0.238. The minimum absolute atomic E-state index is 0.00779. The molecule has 1 heterocycles. The number of benzene rings is 2. The number of carbonyl (C=O) groups is 1. The zero-order chi connectivity index (χ0) is 20.5. The van der Waals surface area contributed by atoms with E-state index in [-0.39, 0.29) is 22.3 Å². The Morgan fingerprint density at radius 3 is 2.90 bits per heavy atom. The molecule has 1 N–H and O–H groups in total. The second-order valence-electron chi connectivity index (χ2n) is 7.11. The average molecular weight is 411 g/mol. The van der Waals surface area contributed by atoms with Gasteiger partial charge in [0, 0.05) is 17.2 Å². The van der Waals surface area contributed by atoms with Crippen LogP contribution in [0.4, 0.5) is 11.5 Å². The van der Waals surface area contributed by atoms with Gasteiger partial charge in [-0.15, -0.1) is 0 Å². The van der Waals surface area contributed by atoms with Crippen LogP contribution in [0.1, 0.15) is 45.9 Å². The number of nitro groups is 1. The lowest BCUT2D eigenvalue weighted by molar-refractivity contribution is -0.384. The lowest BCUT2D eigenvalue weighted by Gasteiger charge is -2.27. The molecule has 0 saturated heterocycles. The molecule has 0 radical (unpaired) electrons. The first-order chi connectivity index (χ1) is 14.0. The fourth-order valence-corrected chi connectivity index (χ4v) is 3.98. The van der Waals surface area contributed by atoms with Crippen LogP contribution in [0.25, 0.3) is 0 Å². The summed E-state index contributed by atoms with van der Waals surface area (Å²) in [6.07, 6.45) is 4.71. The number of fused-ring (bicyclic) bond motifs is 1. The number of carbonyl (C=O) groups excluding carboxylic acids is 1. The highest BCUT2D eigenvalue weighted by molar-refractivity contribution is 6.32. The van der Waals surface area contributed by atoms with E-state index in [1.165, 1.54) is 29.3 Å². The summed E-state index contributed by atoms with van der Waals surface area (Å²) in [5.74, 6) is 0.146. The molecule has 2 aromatic carbocycles. The van der Waals surface area contributed by atoms with Crippen molar-refractivity contribution in [3.05, 3.63) is 86.1 Å². The van der Waals surface area contributed by atoms with Crippen LogP contribution in [0.5, 0.6) is 0 Å². The maximum Gasteiger partial charge on any atom is 0.288 e. The first kappa shape index (κ1) is 19.1. The van der Waals surface area contributed by atoms with Gasteiger partial charge < -0.3 is 5.32 Å². The molecule has 0 spiro atoms. The third-order valence-electron chi connectivity index (χ3n) is 5.25. The van der Waals surface area contributed by atoms with Crippen molar-refractivity contribution < 1.29 is 9.72 Å². The van der Waals surface area contributed by atoms with E-state index < -0.39 is 10.8 Å². The minimum atomic E-state index is -0.604. The molecule has 0 saturated carbocycles. The molecule has 1 aliphatic carbocycles. The molecule has 3 aromatic rings. The number of anilines is 1. The minimum Gasteiger partial charge on any atom is -0.307 e. The number of amides is 1. The number of nitrogens with zero attached hydrogens (tertiary/aromatic N) is 3. The molecule has 8 heteroatoms. The van der Waals surface area contributed by atoms with E-state index >= 15 is 0 Å². The Balaban J connectivity index is 1.67. The van der Waals surface area contributed by atoms with Crippen molar-refractivity contribution in [3.63, 3.8) is 0 Å². The van der Waals surface area contributed by atoms with Gasteiger partial charge in [0.05, 0.1) is 17.2 Å². The normalized spacial score (nSPS) is 15.6. The number of hydrogen-bond donors (Lipinski definition) is 1. The summed E-state index contributed by atoms with van der Waals surface area (Å²) >= 11 is 5.85. The largest absolute Gasteiger partial charge is 0.307 e. The summed E-state index contributed by atoms with van der Waals surface area (Å²) < 4.78 is 1.84. The van der Waals surface area contributed by atoms with Crippen molar-refractivity contribution >= 4 is 29.0 Å². The maximum atomic E-state index is 12.8. The van der Waals surface area contributed by atoms with Crippen molar-refractivity contribution in [1.82, 2.24) is 9.78 Å². The van der Waals surface area contributed by atoms with Gasteiger partial charge in [0.25, 0.3) is 11.6 Å². The highest BCUT2D eigenvalue weighted by Gasteiger charge is 2.26. The lowest BCUT2D eigenvalue weighted by Crippen LogP contribution is -2.22. The van der Waals surface area contributed by atoms with Crippen LogP contribution < -0.4 is 5.32 Å². The van der Waals surface area contributed by atoms with Crippen molar-refractivity contribution in [1.29, 1.82) is 0 Å². The van der Waals surface area contributed by atoms with Crippen molar-refractivity contribution in [2.24, 2.45) is 0 Å². The molecule has 1 atom stereocenters. The van der Waals surface area contributed by atoms with E-state index in [1.54, 1.807) is 6.20 Å². The van der Waals surface area contributed by atoms with Crippen LogP contribution >= 0.6 is 11.6 Å². The van der Waals surface area contributed by atoms with Gasteiger partial charge in [-0.25, -0.2) is 4.68 Å². The molecular formula is C21H19ClN4O3. The molecule has 148 valence electrons. The molecule has 1 aliphatic rings. The van der Waals surface area contributed by atoms with E-state index in [0.29, 0.717) is 5.82 Å². The van der Waals surface area contributed by atoms with Crippen molar-refractivity contribution in [2.75, 3.05) is 5.32 Å². The van der Waals surface area contributed by atoms with E-state index in [2.05, 4.69) is 22.5 Å². The first-order valence-electron chi connectivity index (χ1n) is 9.33. The maximum absolute atomic E-state index is 12.8. The number of aromatic nitrogens is 2. The van der Waals surface area contributed by atoms with E-state index in [1.807, 2.05) is 23.7 Å². The molecule has 29 heavy (non-hydrogen) atoms. The Labute approximate surface area is 172 Å². The Kier molecular flexibility index (Phi) is 5.07. The second-order valence-corrected chi connectivity index (χ2v) is 7.51. The van der Waals surface area contributed by atoms with Crippen molar-refractivity contribution in [2.45, 2.75) is 32.2 Å². The Bertz CT molecular complexity index is 1110. The highest BCUT2D eigenvalue weighted by Crippen LogP contribution is 2.35. The highest BCUT2D eigenvalue weighted by atomic mass is 35.5. The van der Waals surface area contributed by atoms with Crippen LogP contribution in [0.15, 0.2) is 48.7 Å². The standard InChI is InChI=1S/C21H19ClN4O3/c1-13-12-23-25(18-8-4-6-14-5-2-3-7-16(14)18)20(13)24-21(27)15-9-10-17(22)19(11-15)26(28)29/h2-3,5,7,9-12,18H,4,6,8H2,1H3,(H,24,27). The summed E-state index contributed by atoms with van der Waals surface area (Å²) in [5, 5.41) is 18.5. The van der Waals surface area contributed by atoms with Gasteiger partial charge in [-0.3, -0.25) is 14.9 Å². The predicted octanol–water partition coefficient (Wildman–Crippen LogP) is 4.93. The number of halogens is 1. The zero-order valence-electron chi connectivity index (χ0n) is 15.8. The number of aryl methyl sites for hydroxylation is 2. The summed E-state index contributed by atoms with van der Waals surface area (Å²) in [4.78, 5) is 23.3. The quantitative estimate of drug-likeness (QED) is 0.487. The van der Waals surface area contributed by atoms with Gasteiger partial charge in [0.1, 0.15) is 10.8 Å². The number of nitrogens with one attached hydrogen (secondary N) is 1. The average Bonchev–Trinajstić information content (AvgIpc) is 3.07. The summed E-state index contributed by atoms with van der Waals surface area (Å²) in [5.41, 5.74) is 3.19. The summed E-state index contributed by atoms with van der Waals surface area (Å²) in [7, 11) is 0. The van der Waals surface area contributed by atoms with Crippen LogP contribution in [-0.4, -0.2) is 20.6 Å². The molecule has 7 nitrogen and oxygen atoms in total. The van der Waals surface area contributed by atoms with Gasteiger partial charge in [-0.1, -0.05) is 35.9 Å². The fourth-order valence-electron chi connectivity index (χ4n) is 3.80. The second kappa shape index (κ2) is 7.67. The van der Waals surface area contributed by atoms with Crippen LogP contribution in [-0.2, 0) is 6.42 Å². The smallest absolute Gasteiger partial charge is 0.288 e. The van der Waals surface area contributed by atoms with Crippen molar-refractivity contribution in [3.8, 4) is 0 Å². The third kappa shape index (κ3) is 3.61. The molecule has 1 amide bonds. The van der Waals surface area contributed by atoms with Gasteiger partial charge in [-0.2, -0.15) is 5.10 Å². The number of nitro benzene ring substituents is 1. The molecule has 4 rings (SSSR count). The topological polar surface area (TPSA) is 90.1 Å². The molecule has 0 aliphatic heterocycles. The molecule has 0 fully saturated rings.